The van der Waals surface area contributed by atoms with Crippen molar-refractivity contribution in [2.24, 2.45) is 0 Å². The van der Waals surface area contributed by atoms with Crippen LogP contribution in [0.1, 0.15) is 44.5 Å². The summed E-state index contributed by atoms with van der Waals surface area (Å²) in [5, 5.41) is 0. The molecular formula is C106H66N4O2. The Morgan fingerprint density at radius 3 is 0.911 bits per heavy atom. The molecule has 522 valence electrons. The van der Waals surface area contributed by atoms with Gasteiger partial charge in [0.1, 0.15) is 23.0 Å². The van der Waals surface area contributed by atoms with E-state index in [1.165, 1.54) is 44.5 Å². The van der Waals surface area contributed by atoms with Crippen LogP contribution >= 0.6 is 0 Å². The minimum absolute atomic E-state index is 0.556. The lowest BCUT2D eigenvalue weighted by Crippen LogP contribution is -2.32. The molecule has 1 atom stereocenters. The third-order valence-electron chi connectivity index (χ3n) is 23.3. The van der Waals surface area contributed by atoms with Crippen LogP contribution in [-0.2, 0) is 10.8 Å². The number of hydrogen-bond donors (Lipinski definition) is 0. The highest BCUT2D eigenvalue weighted by Crippen LogP contribution is 2.65. The maximum atomic E-state index is 7.16. The molecule has 0 radical (unpaired) electrons. The van der Waals surface area contributed by atoms with Gasteiger partial charge >= 0.3 is 0 Å². The highest BCUT2D eigenvalue weighted by molar-refractivity contribution is 5.95. The largest absolute Gasteiger partial charge is 0.457 e. The van der Waals surface area contributed by atoms with E-state index < -0.39 is 10.8 Å². The van der Waals surface area contributed by atoms with Crippen LogP contribution in [0.25, 0.3) is 146 Å². The van der Waals surface area contributed by atoms with Crippen LogP contribution in [0.2, 0.25) is 0 Å². The smallest absolute Gasteiger partial charge is 0.160 e. The van der Waals surface area contributed by atoms with E-state index in [0.29, 0.717) is 11.6 Å². The van der Waals surface area contributed by atoms with Crippen molar-refractivity contribution in [3.63, 3.8) is 0 Å². The van der Waals surface area contributed by atoms with Crippen LogP contribution in [-0.4, -0.2) is 19.9 Å². The summed E-state index contributed by atoms with van der Waals surface area (Å²) in [7, 11) is 0. The van der Waals surface area contributed by atoms with E-state index in [4.69, 9.17) is 29.4 Å². The van der Waals surface area contributed by atoms with Gasteiger partial charge in [-0.05, 0) is 149 Å². The lowest BCUT2D eigenvalue weighted by atomic mass is 9.66. The number of rotatable bonds is 11. The van der Waals surface area contributed by atoms with Gasteiger partial charge in [-0.25, -0.2) is 19.9 Å². The average molecular weight is 1430 g/mol. The summed E-state index contributed by atoms with van der Waals surface area (Å²) in [6.45, 7) is 0. The van der Waals surface area contributed by atoms with E-state index in [9.17, 15) is 0 Å². The van der Waals surface area contributed by atoms with Crippen LogP contribution in [0.5, 0.6) is 23.0 Å². The molecule has 18 aromatic rings. The predicted octanol–water partition coefficient (Wildman–Crippen LogP) is 26.5. The molecule has 0 amide bonds. The molecule has 2 aliphatic heterocycles. The van der Waals surface area contributed by atoms with Gasteiger partial charge in [-0.1, -0.05) is 352 Å². The number of fused-ring (bicyclic) bond motifs is 18. The monoisotopic (exact) mass is 1430 g/mol. The minimum Gasteiger partial charge on any atom is -0.457 e. The van der Waals surface area contributed by atoms with Crippen molar-refractivity contribution in [2.75, 3.05) is 0 Å². The fourth-order valence-electron chi connectivity index (χ4n) is 18.4. The lowest BCUT2D eigenvalue weighted by Gasteiger charge is -2.39. The summed E-state index contributed by atoms with van der Waals surface area (Å²) < 4.78 is 14.2. The first-order valence-corrected chi connectivity index (χ1v) is 38.2. The second kappa shape index (κ2) is 26.0. The highest BCUT2D eigenvalue weighted by Gasteiger charge is 2.53. The molecule has 1 unspecified atom stereocenters. The lowest BCUT2D eigenvalue weighted by molar-refractivity contribution is 0.436. The Morgan fingerprint density at radius 2 is 0.446 bits per heavy atom. The SMILES string of the molecule is c1ccc(-c2nc(-c3cccc(-c4ccc(-c5ccc6c(c5)-c5ccccc5C65c6ccccc6Oc6cc(-c7ccccc7-c7cc(-c8ccccc8-c8ccccc8)nc(-c8ccccc8)n7)ccc65)cc4)c3)cc(-c3ccccc3-c3ccc4c(c3)Oc3ccccc3C43c4ccccc4-c4ccccc43)n2)cc1. The molecule has 112 heavy (non-hydrogen) atoms. The molecule has 2 aliphatic carbocycles. The van der Waals surface area contributed by atoms with Crippen LogP contribution in [0, 0.1) is 0 Å². The van der Waals surface area contributed by atoms with Crippen molar-refractivity contribution in [1.29, 1.82) is 0 Å². The summed E-state index contributed by atoms with van der Waals surface area (Å²) in [4.78, 5) is 21.5. The molecule has 6 heteroatoms. The maximum Gasteiger partial charge on any atom is 0.160 e. The van der Waals surface area contributed by atoms with E-state index in [1.54, 1.807) is 0 Å². The first kappa shape index (κ1) is 64.5. The summed E-state index contributed by atoms with van der Waals surface area (Å²) in [6, 6.07) is 143. The van der Waals surface area contributed by atoms with E-state index in [0.717, 1.165) is 157 Å². The second-order valence-electron chi connectivity index (χ2n) is 29.3. The molecule has 4 aliphatic rings. The number of benzene rings is 16. The van der Waals surface area contributed by atoms with Crippen molar-refractivity contribution in [1.82, 2.24) is 19.9 Å². The van der Waals surface area contributed by atoms with Gasteiger partial charge in [0.15, 0.2) is 11.6 Å². The number of ether oxygens (including phenoxy) is 2. The normalized spacial score (nSPS) is 14.0. The first-order chi connectivity index (χ1) is 55.5. The molecule has 16 aromatic carbocycles. The standard InChI is InChI=1S/C106H66N4O2/c1-4-27-69(28-5-1)77-35-10-13-41-83(77)97-66-98(110-104(109-97)71-31-8-3-9-32-71)85-43-15-12-37-79(85)75-57-60-94-102(64-75)112-100-50-25-23-48-92(100)106(94)89-46-21-18-40-82(89)86-62-73(55-58-90(86)106)68-53-51-67(52-54-68)72-33-26-34-76(61-72)95-65-96(108-103(107-95)70-29-6-2-7-30-70)84-42-14-11-36-78(84)74-56-59-93-101(63-74)111-99-49-24-22-47-91(99)105(93)87-44-19-16-38-80(87)81-39-17-20-45-88(81)105/h1-66H. The molecule has 6 nitrogen and oxygen atoms in total. The minimum atomic E-state index is -0.678. The fraction of sp³-hybridized carbons (Fsp3) is 0.0189. The molecule has 2 spiro atoms. The van der Waals surface area contributed by atoms with Gasteiger partial charge in [0.25, 0.3) is 0 Å². The van der Waals surface area contributed by atoms with Crippen LogP contribution in [0.15, 0.2) is 400 Å². The number of hydrogen-bond acceptors (Lipinski definition) is 6. The Labute approximate surface area is 649 Å². The third-order valence-corrected chi connectivity index (χ3v) is 23.3. The fourth-order valence-corrected chi connectivity index (χ4v) is 18.4. The van der Waals surface area contributed by atoms with Gasteiger partial charge in [-0.2, -0.15) is 0 Å². The van der Waals surface area contributed by atoms with E-state index >= 15 is 0 Å². The van der Waals surface area contributed by atoms with E-state index in [-0.39, 0.29) is 0 Å². The molecule has 0 fully saturated rings. The predicted molar refractivity (Wildman–Crippen MR) is 452 cm³/mol. The van der Waals surface area contributed by atoms with Crippen LogP contribution in [0.3, 0.4) is 0 Å². The molecule has 0 saturated heterocycles. The van der Waals surface area contributed by atoms with Gasteiger partial charge in [-0.15, -0.1) is 0 Å². The topological polar surface area (TPSA) is 70.0 Å². The molecule has 0 bridgehead atoms. The number of nitrogens with zero attached hydrogens (tertiary/aromatic N) is 4. The Bertz CT molecular complexity index is 6790. The second-order valence-corrected chi connectivity index (χ2v) is 29.3. The van der Waals surface area contributed by atoms with E-state index in [1.807, 2.05) is 36.4 Å². The first-order valence-electron chi connectivity index (χ1n) is 38.2. The van der Waals surface area contributed by atoms with Gasteiger partial charge in [-0.3, -0.25) is 0 Å². The molecular weight excluding hydrogens is 1360 g/mol. The Morgan fingerprint density at radius 1 is 0.152 bits per heavy atom. The third kappa shape index (κ3) is 10.2. The Balaban J connectivity index is 0.598. The van der Waals surface area contributed by atoms with Crippen LogP contribution < -0.4 is 9.47 Å². The van der Waals surface area contributed by atoms with E-state index in [2.05, 4.69) is 364 Å². The molecule has 4 heterocycles. The van der Waals surface area contributed by atoms with Gasteiger partial charge in [0.05, 0.1) is 33.6 Å². The zero-order valence-corrected chi connectivity index (χ0v) is 60.7. The van der Waals surface area contributed by atoms with Gasteiger partial charge in [0.2, 0.25) is 0 Å². The molecule has 2 aromatic heterocycles. The summed E-state index contributed by atoms with van der Waals surface area (Å²) in [5.41, 5.74) is 33.1. The molecule has 22 rings (SSSR count). The number of para-hydroxylation sites is 2. The zero-order valence-electron chi connectivity index (χ0n) is 60.7. The number of aromatic nitrogens is 4. The van der Waals surface area contributed by atoms with Gasteiger partial charge in [0, 0.05) is 55.6 Å². The summed E-state index contributed by atoms with van der Waals surface area (Å²) >= 11 is 0. The summed E-state index contributed by atoms with van der Waals surface area (Å²) in [6.07, 6.45) is 0. The van der Waals surface area contributed by atoms with Crippen LogP contribution in [0.4, 0.5) is 0 Å². The molecule has 0 N–H and O–H groups in total. The quantitative estimate of drug-likeness (QED) is 0.129. The maximum absolute atomic E-state index is 7.16. The Kier molecular flexibility index (Phi) is 15.0. The summed E-state index contributed by atoms with van der Waals surface area (Å²) in [5.74, 6) is 4.65. The van der Waals surface area contributed by atoms with Crippen molar-refractivity contribution in [3.8, 4) is 169 Å². The van der Waals surface area contributed by atoms with Crippen molar-refractivity contribution in [2.45, 2.75) is 10.8 Å². The zero-order chi connectivity index (χ0) is 73.9. The van der Waals surface area contributed by atoms with Crippen molar-refractivity contribution in [3.05, 3.63) is 445 Å². The highest BCUT2D eigenvalue weighted by atomic mass is 16.5. The molecule has 0 saturated carbocycles. The van der Waals surface area contributed by atoms with Gasteiger partial charge < -0.3 is 9.47 Å². The average Bonchev–Trinajstić information content (AvgIpc) is 1.50. The Hall–Kier alpha value is -14.7. The van der Waals surface area contributed by atoms with Crippen molar-refractivity contribution < 1.29 is 9.47 Å². The van der Waals surface area contributed by atoms with Crippen molar-refractivity contribution >= 4 is 0 Å².